The Balaban J connectivity index is 0.00000193. The number of rotatable bonds is 6. The molecule has 174 valence electrons. The van der Waals surface area contributed by atoms with E-state index in [2.05, 4.69) is 21.7 Å². The van der Waals surface area contributed by atoms with Crippen molar-refractivity contribution in [2.45, 2.75) is 31.2 Å². The molecule has 0 saturated carbocycles. The van der Waals surface area contributed by atoms with Crippen molar-refractivity contribution in [2.24, 2.45) is 5.73 Å². The molecule has 2 atom stereocenters. The summed E-state index contributed by atoms with van der Waals surface area (Å²) in [4.78, 5) is 29.1. The van der Waals surface area contributed by atoms with Crippen LogP contribution in [0.15, 0.2) is 73.1 Å². The molecule has 6 nitrogen and oxygen atoms in total. The Labute approximate surface area is 206 Å². The van der Waals surface area contributed by atoms with Crippen LogP contribution in [-0.2, 0) is 11.2 Å². The molecule has 0 bridgehead atoms. The molecule has 0 fully saturated rings. The topological polar surface area (TPSA) is 97.1 Å². The smallest absolute Gasteiger partial charge is 0.255 e. The first-order chi connectivity index (χ1) is 15.1. The van der Waals surface area contributed by atoms with E-state index in [9.17, 15) is 9.59 Å². The first-order valence-electron chi connectivity index (χ1n) is 10.5. The van der Waals surface area contributed by atoms with Crippen molar-refractivity contribution >= 4 is 42.3 Å². The number of pyridine rings is 1. The number of amides is 2. The van der Waals surface area contributed by atoms with Crippen molar-refractivity contribution in [1.82, 2.24) is 10.3 Å². The first kappa shape index (κ1) is 26.3. The number of carbonyl (C=O) groups excluding carboxylic acids is 2. The Kier molecular flexibility index (Phi) is 9.85. The van der Waals surface area contributed by atoms with Gasteiger partial charge >= 0.3 is 0 Å². The number of aromatic nitrogens is 1. The number of nitrogens with zero attached hydrogens (tertiary/aromatic N) is 1. The van der Waals surface area contributed by atoms with Crippen molar-refractivity contribution in [3.05, 3.63) is 95.3 Å². The van der Waals surface area contributed by atoms with Gasteiger partial charge in [0.15, 0.2) is 0 Å². The monoisotopic (exact) mass is 486 g/mol. The van der Waals surface area contributed by atoms with E-state index in [-0.39, 0.29) is 48.6 Å². The maximum absolute atomic E-state index is 12.8. The van der Waals surface area contributed by atoms with Gasteiger partial charge in [0.1, 0.15) is 0 Å². The zero-order chi connectivity index (χ0) is 21.6. The van der Waals surface area contributed by atoms with Crippen molar-refractivity contribution in [3.63, 3.8) is 0 Å². The lowest BCUT2D eigenvalue weighted by atomic mass is 9.82. The lowest BCUT2D eigenvalue weighted by molar-refractivity contribution is -0.122. The number of anilines is 1. The molecular formula is C25H28Cl2N4O2. The van der Waals surface area contributed by atoms with Gasteiger partial charge in [-0.2, -0.15) is 0 Å². The number of hydrogen-bond donors (Lipinski definition) is 3. The summed E-state index contributed by atoms with van der Waals surface area (Å²) in [7, 11) is 0. The molecule has 0 radical (unpaired) electrons. The van der Waals surface area contributed by atoms with Crippen molar-refractivity contribution < 1.29 is 9.59 Å². The summed E-state index contributed by atoms with van der Waals surface area (Å²) in [5.74, 6) is -0.289. The third-order valence-electron chi connectivity index (χ3n) is 5.72. The van der Waals surface area contributed by atoms with E-state index >= 15 is 0 Å². The molecule has 0 aliphatic heterocycles. The Bertz CT molecular complexity index is 1060. The van der Waals surface area contributed by atoms with Crippen LogP contribution in [0.3, 0.4) is 0 Å². The van der Waals surface area contributed by atoms with Crippen LogP contribution in [0, 0.1) is 0 Å². The van der Waals surface area contributed by atoms with Gasteiger partial charge < -0.3 is 16.4 Å². The van der Waals surface area contributed by atoms with Gasteiger partial charge in [-0.05, 0) is 60.2 Å². The van der Waals surface area contributed by atoms with E-state index in [0.717, 1.165) is 30.4 Å². The fourth-order valence-electron chi connectivity index (χ4n) is 4.00. The molecule has 4 N–H and O–H groups in total. The van der Waals surface area contributed by atoms with E-state index in [1.807, 2.05) is 30.3 Å². The minimum absolute atomic E-state index is 0. The molecule has 1 aliphatic carbocycles. The van der Waals surface area contributed by atoms with Crippen LogP contribution in [0.25, 0.3) is 0 Å². The number of carbonyl (C=O) groups is 2. The molecule has 2 aromatic carbocycles. The van der Waals surface area contributed by atoms with Gasteiger partial charge in [-0.15, -0.1) is 24.8 Å². The lowest BCUT2D eigenvalue weighted by Gasteiger charge is -2.25. The third-order valence-corrected chi connectivity index (χ3v) is 5.72. The van der Waals surface area contributed by atoms with Gasteiger partial charge in [-0.25, -0.2) is 0 Å². The predicted molar refractivity (Wildman–Crippen MR) is 135 cm³/mol. The summed E-state index contributed by atoms with van der Waals surface area (Å²) in [5.41, 5.74) is 10.8. The van der Waals surface area contributed by atoms with Crippen LogP contribution < -0.4 is 16.4 Å². The van der Waals surface area contributed by atoms with Gasteiger partial charge in [0, 0.05) is 36.2 Å². The Morgan fingerprint density at radius 2 is 1.70 bits per heavy atom. The quantitative estimate of drug-likeness (QED) is 0.480. The van der Waals surface area contributed by atoms with E-state index in [0.29, 0.717) is 17.8 Å². The maximum atomic E-state index is 12.8. The predicted octanol–water partition coefficient (Wildman–Crippen LogP) is 4.41. The van der Waals surface area contributed by atoms with E-state index < -0.39 is 0 Å². The number of aryl methyl sites for hydroxylation is 1. The highest BCUT2D eigenvalue weighted by Crippen LogP contribution is 2.31. The fourth-order valence-corrected chi connectivity index (χ4v) is 4.00. The number of fused-ring (bicyclic) bond motifs is 1. The molecule has 1 aromatic heterocycles. The SMILES string of the molecule is Cl.Cl.N[C@@H](CNC(=O)[C@H]1CCCc2ccccc21)c1ccc(C(=O)Nc2ccncc2)cc1. The first-order valence-corrected chi connectivity index (χ1v) is 10.5. The summed E-state index contributed by atoms with van der Waals surface area (Å²) in [6.45, 7) is 0.347. The zero-order valence-corrected chi connectivity index (χ0v) is 19.7. The highest BCUT2D eigenvalue weighted by Gasteiger charge is 2.26. The van der Waals surface area contributed by atoms with Crippen LogP contribution in [-0.4, -0.2) is 23.3 Å². The van der Waals surface area contributed by atoms with Gasteiger partial charge in [-0.1, -0.05) is 36.4 Å². The highest BCUT2D eigenvalue weighted by molar-refractivity contribution is 6.04. The molecule has 4 rings (SSSR count). The molecule has 1 heterocycles. The number of hydrogen-bond acceptors (Lipinski definition) is 4. The van der Waals surface area contributed by atoms with Crippen LogP contribution >= 0.6 is 24.8 Å². The molecule has 2 amide bonds. The second kappa shape index (κ2) is 12.3. The van der Waals surface area contributed by atoms with Crippen LogP contribution in [0.4, 0.5) is 5.69 Å². The highest BCUT2D eigenvalue weighted by atomic mass is 35.5. The fraction of sp³-hybridized carbons (Fsp3) is 0.240. The molecule has 0 saturated heterocycles. The number of halogens is 2. The maximum Gasteiger partial charge on any atom is 0.255 e. The molecule has 33 heavy (non-hydrogen) atoms. The van der Waals surface area contributed by atoms with Crippen LogP contribution in [0.1, 0.15) is 51.8 Å². The van der Waals surface area contributed by atoms with Gasteiger partial charge in [0.25, 0.3) is 5.91 Å². The average molecular weight is 487 g/mol. The zero-order valence-electron chi connectivity index (χ0n) is 18.1. The Morgan fingerprint density at radius 1 is 1.00 bits per heavy atom. The van der Waals surface area contributed by atoms with Crippen molar-refractivity contribution in [2.75, 3.05) is 11.9 Å². The molecule has 0 spiro atoms. The second-order valence-corrected chi connectivity index (χ2v) is 7.81. The lowest BCUT2D eigenvalue weighted by Crippen LogP contribution is -2.36. The van der Waals surface area contributed by atoms with Crippen molar-refractivity contribution in [1.29, 1.82) is 0 Å². The normalized spacial score (nSPS) is 15.1. The van der Waals surface area contributed by atoms with E-state index in [1.54, 1.807) is 36.7 Å². The molecule has 3 aromatic rings. The van der Waals surface area contributed by atoms with Gasteiger partial charge in [-0.3, -0.25) is 14.6 Å². The molecule has 8 heteroatoms. The van der Waals surface area contributed by atoms with Gasteiger partial charge in [0.05, 0.1) is 5.92 Å². The summed E-state index contributed by atoms with van der Waals surface area (Å²) >= 11 is 0. The second-order valence-electron chi connectivity index (χ2n) is 7.81. The Morgan fingerprint density at radius 3 is 2.42 bits per heavy atom. The van der Waals surface area contributed by atoms with Crippen molar-refractivity contribution in [3.8, 4) is 0 Å². The van der Waals surface area contributed by atoms with Crippen LogP contribution in [0.5, 0.6) is 0 Å². The van der Waals surface area contributed by atoms with E-state index in [1.165, 1.54) is 5.56 Å². The molecule has 1 aliphatic rings. The van der Waals surface area contributed by atoms with Crippen LogP contribution in [0.2, 0.25) is 0 Å². The minimum atomic E-state index is -0.347. The third kappa shape index (κ3) is 6.54. The summed E-state index contributed by atoms with van der Waals surface area (Å²) in [6.07, 6.45) is 6.15. The number of nitrogens with two attached hydrogens (primary N) is 1. The number of benzene rings is 2. The largest absolute Gasteiger partial charge is 0.354 e. The standard InChI is InChI=1S/C25H26N4O2.2ClH/c26-23(16-28-25(31)22-7-3-5-17-4-1-2-6-21(17)22)18-8-10-19(11-9-18)24(30)29-20-12-14-27-15-13-20;;/h1-2,4,6,8-15,22-23H,3,5,7,16,26H2,(H,28,31)(H,27,29,30);2*1H/t22-,23-;;/m0../s1. The van der Waals surface area contributed by atoms with E-state index in [4.69, 9.17) is 5.73 Å². The summed E-state index contributed by atoms with van der Waals surface area (Å²) in [5, 5.41) is 5.84. The minimum Gasteiger partial charge on any atom is -0.354 e. The average Bonchev–Trinajstić information content (AvgIpc) is 2.82. The summed E-state index contributed by atoms with van der Waals surface area (Å²) < 4.78 is 0. The Hall–Kier alpha value is -2.93. The number of nitrogens with one attached hydrogen (secondary N) is 2. The molecular weight excluding hydrogens is 459 g/mol. The summed E-state index contributed by atoms with van der Waals surface area (Å²) in [6, 6.07) is 18.4. The van der Waals surface area contributed by atoms with Gasteiger partial charge in [0.2, 0.25) is 5.91 Å². The molecule has 0 unspecified atom stereocenters.